The molecule has 1 aromatic rings. The molecule has 0 saturated carbocycles. The number of pyridine rings is 1. The van der Waals surface area contributed by atoms with E-state index in [1.54, 1.807) is 18.0 Å². The van der Waals surface area contributed by atoms with Crippen LogP contribution in [-0.4, -0.2) is 23.8 Å². The minimum atomic E-state index is -0.319. The van der Waals surface area contributed by atoms with Gasteiger partial charge in [-0.15, -0.1) is 11.8 Å². The van der Waals surface area contributed by atoms with E-state index in [2.05, 4.69) is 16.6 Å². The average molecular weight is 209 g/mol. The van der Waals surface area contributed by atoms with Crippen LogP contribution in [0.4, 0.5) is 0 Å². The Labute approximate surface area is 86.9 Å². The molecule has 0 unspecified atom stereocenters. The zero-order valence-electron chi connectivity index (χ0n) is 8.11. The molecule has 0 spiro atoms. The van der Waals surface area contributed by atoms with Crippen molar-refractivity contribution in [2.75, 3.05) is 12.9 Å². The van der Waals surface area contributed by atoms with Gasteiger partial charge in [0.25, 0.3) is 0 Å². The maximum Gasteiger partial charge on any atom is 0.339 e. The van der Waals surface area contributed by atoms with E-state index in [9.17, 15) is 4.79 Å². The lowest BCUT2D eigenvalue weighted by Gasteiger charge is -2.03. The van der Waals surface area contributed by atoms with E-state index in [1.807, 2.05) is 6.07 Å². The number of nitrogens with zero attached hydrogens (tertiary/aromatic N) is 1. The summed E-state index contributed by atoms with van der Waals surface area (Å²) in [4.78, 5) is 16.6. The minimum absolute atomic E-state index is 0.319. The van der Waals surface area contributed by atoms with Gasteiger partial charge >= 0.3 is 5.97 Å². The topological polar surface area (TPSA) is 39.2 Å². The highest BCUT2D eigenvalue weighted by Gasteiger charge is 2.22. The third kappa shape index (κ3) is 1.50. The van der Waals surface area contributed by atoms with Crippen molar-refractivity contribution >= 4 is 17.7 Å². The summed E-state index contributed by atoms with van der Waals surface area (Å²) in [5, 5.41) is 0. The standard InChI is InChI=1S/C10H11NO2S/c1-6-5-14-8-3-7(10(12)13-2)4-11-9(6)8/h3-4,6H,5H2,1-2H3/t6-/m1/s1. The summed E-state index contributed by atoms with van der Waals surface area (Å²) in [6.45, 7) is 2.14. The van der Waals surface area contributed by atoms with Crippen LogP contribution in [0.1, 0.15) is 28.9 Å². The molecule has 2 heterocycles. The van der Waals surface area contributed by atoms with Gasteiger partial charge < -0.3 is 4.74 Å². The molecule has 1 aliphatic rings. The van der Waals surface area contributed by atoms with E-state index < -0.39 is 0 Å². The molecule has 0 aliphatic carbocycles. The SMILES string of the molecule is COC(=O)c1cnc2c(c1)SC[C@H]2C. The normalized spacial score (nSPS) is 19.1. The molecule has 0 radical (unpaired) electrons. The molecule has 0 bridgehead atoms. The second-order valence-corrected chi connectivity index (χ2v) is 4.37. The highest BCUT2D eigenvalue weighted by Crippen LogP contribution is 2.37. The quantitative estimate of drug-likeness (QED) is 0.664. The molecular formula is C10H11NO2S. The van der Waals surface area contributed by atoms with Crippen molar-refractivity contribution in [2.24, 2.45) is 0 Å². The molecule has 3 nitrogen and oxygen atoms in total. The van der Waals surface area contributed by atoms with Crippen LogP contribution in [0.3, 0.4) is 0 Å². The van der Waals surface area contributed by atoms with Gasteiger partial charge in [0.1, 0.15) is 0 Å². The van der Waals surface area contributed by atoms with Crippen LogP contribution in [-0.2, 0) is 4.74 Å². The number of esters is 1. The lowest BCUT2D eigenvalue weighted by molar-refractivity contribution is 0.0600. The molecule has 1 atom stereocenters. The Morgan fingerprint density at radius 2 is 2.50 bits per heavy atom. The Balaban J connectivity index is 2.37. The van der Waals surface area contributed by atoms with Crippen LogP contribution >= 0.6 is 11.8 Å². The Hall–Kier alpha value is -1.03. The second kappa shape index (κ2) is 3.61. The molecule has 1 aromatic heterocycles. The summed E-state index contributed by atoms with van der Waals surface area (Å²) >= 11 is 1.75. The monoisotopic (exact) mass is 209 g/mol. The number of rotatable bonds is 1. The molecule has 0 saturated heterocycles. The number of fused-ring (bicyclic) bond motifs is 1. The van der Waals surface area contributed by atoms with Gasteiger partial charge in [-0.1, -0.05) is 6.92 Å². The number of aromatic nitrogens is 1. The van der Waals surface area contributed by atoms with Crippen LogP contribution in [0.15, 0.2) is 17.2 Å². The van der Waals surface area contributed by atoms with E-state index in [1.165, 1.54) is 7.11 Å². The number of carbonyl (C=O) groups is 1. The Bertz CT molecular complexity index is 378. The molecule has 0 N–H and O–H groups in total. The number of carbonyl (C=O) groups excluding carboxylic acids is 1. The summed E-state index contributed by atoms with van der Waals surface area (Å²) in [5.41, 5.74) is 1.63. The first kappa shape index (κ1) is 9.52. The van der Waals surface area contributed by atoms with Crippen molar-refractivity contribution < 1.29 is 9.53 Å². The molecular weight excluding hydrogens is 198 g/mol. The van der Waals surface area contributed by atoms with E-state index in [4.69, 9.17) is 0 Å². The zero-order valence-corrected chi connectivity index (χ0v) is 8.93. The maximum atomic E-state index is 11.2. The molecule has 74 valence electrons. The smallest absolute Gasteiger partial charge is 0.339 e. The summed E-state index contributed by atoms with van der Waals surface area (Å²) in [6, 6.07) is 1.86. The maximum absolute atomic E-state index is 11.2. The Morgan fingerprint density at radius 1 is 1.71 bits per heavy atom. The summed E-state index contributed by atoms with van der Waals surface area (Å²) in [7, 11) is 1.38. The van der Waals surface area contributed by atoms with Gasteiger partial charge in [-0.2, -0.15) is 0 Å². The van der Waals surface area contributed by atoms with Gasteiger partial charge in [0.05, 0.1) is 18.4 Å². The van der Waals surface area contributed by atoms with Crippen molar-refractivity contribution in [2.45, 2.75) is 17.7 Å². The Kier molecular flexibility index (Phi) is 2.46. The number of methoxy groups -OCH3 is 1. The fourth-order valence-corrected chi connectivity index (χ4v) is 2.66. The number of hydrogen-bond donors (Lipinski definition) is 0. The molecule has 0 aromatic carbocycles. The molecule has 0 fully saturated rings. The predicted molar refractivity (Wildman–Crippen MR) is 54.7 cm³/mol. The van der Waals surface area contributed by atoms with Crippen LogP contribution in [0.2, 0.25) is 0 Å². The van der Waals surface area contributed by atoms with E-state index in [0.717, 1.165) is 16.3 Å². The van der Waals surface area contributed by atoms with Gasteiger partial charge in [-0.25, -0.2) is 4.79 Å². The van der Waals surface area contributed by atoms with Crippen LogP contribution in [0.5, 0.6) is 0 Å². The van der Waals surface area contributed by atoms with E-state index in [-0.39, 0.29) is 5.97 Å². The molecule has 0 amide bonds. The first-order chi connectivity index (χ1) is 6.72. The van der Waals surface area contributed by atoms with Crippen molar-refractivity contribution in [1.82, 2.24) is 4.98 Å². The first-order valence-electron chi connectivity index (χ1n) is 4.43. The van der Waals surface area contributed by atoms with Crippen LogP contribution in [0.25, 0.3) is 0 Å². The van der Waals surface area contributed by atoms with Crippen molar-refractivity contribution in [3.05, 3.63) is 23.5 Å². The molecule has 4 heteroatoms. The minimum Gasteiger partial charge on any atom is -0.465 e. The first-order valence-corrected chi connectivity index (χ1v) is 5.42. The Morgan fingerprint density at radius 3 is 3.21 bits per heavy atom. The van der Waals surface area contributed by atoms with Gasteiger partial charge in [-0.3, -0.25) is 4.98 Å². The highest BCUT2D eigenvalue weighted by molar-refractivity contribution is 7.99. The van der Waals surface area contributed by atoms with Crippen molar-refractivity contribution in [3.8, 4) is 0 Å². The van der Waals surface area contributed by atoms with Gasteiger partial charge in [0.2, 0.25) is 0 Å². The average Bonchev–Trinajstić information content (AvgIpc) is 2.59. The number of thioether (sulfide) groups is 1. The summed E-state index contributed by atoms with van der Waals surface area (Å²) in [6.07, 6.45) is 1.59. The third-order valence-corrected chi connectivity index (χ3v) is 3.56. The van der Waals surface area contributed by atoms with Gasteiger partial charge in [-0.05, 0) is 6.07 Å². The van der Waals surface area contributed by atoms with Crippen molar-refractivity contribution in [3.63, 3.8) is 0 Å². The van der Waals surface area contributed by atoms with Crippen LogP contribution in [0, 0.1) is 0 Å². The molecule has 1 aliphatic heterocycles. The highest BCUT2D eigenvalue weighted by atomic mass is 32.2. The fourth-order valence-electron chi connectivity index (χ4n) is 1.46. The van der Waals surface area contributed by atoms with Crippen LogP contribution < -0.4 is 0 Å². The summed E-state index contributed by atoms with van der Waals surface area (Å²) in [5.74, 6) is 1.22. The summed E-state index contributed by atoms with van der Waals surface area (Å²) < 4.78 is 4.63. The molecule has 2 rings (SSSR count). The van der Waals surface area contributed by atoms with Gasteiger partial charge in [0, 0.05) is 22.8 Å². The lowest BCUT2D eigenvalue weighted by atomic mass is 10.1. The largest absolute Gasteiger partial charge is 0.465 e. The number of hydrogen-bond acceptors (Lipinski definition) is 4. The van der Waals surface area contributed by atoms with Crippen molar-refractivity contribution in [1.29, 1.82) is 0 Å². The zero-order chi connectivity index (χ0) is 10.1. The second-order valence-electron chi connectivity index (χ2n) is 3.31. The number of ether oxygens (including phenoxy) is 1. The van der Waals surface area contributed by atoms with E-state index >= 15 is 0 Å². The molecule has 14 heavy (non-hydrogen) atoms. The lowest BCUT2D eigenvalue weighted by Crippen LogP contribution is -2.03. The van der Waals surface area contributed by atoms with E-state index in [0.29, 0.717) is 11.5 Å². The predicted octanol–water partition coefficient (Wildman–Crippen LogP) is 2.08. The fraction of sp³-hybridized carbons (Fsp3) is 0.400. The van der Waals surface area contributed by atoms with Gasteiger partial charge in [0.15, 0.2) is 0 Å². The third-order valence-electron chi connectivity index (χ3n) is 2.26.